The van der Waals surface area contributed by atoms with E-state index in [1.54, 1.807) is 42.2 Å². The number of halogens is 2. The molecule has 7 nitrogen and oxygen atoms in total. The van der Waals surface area contributed by atoms with Crippen LogP contribution in [-0.2, 0) is 0 Å². The first kappa shape index (κ1) is 17.1. The minimum Gasteiger partial charge on any atom is -0.370 e. The second kappa shape index (κ2) is 6.13. The maximum absolute atomic E-state index is 14.3. The molecule has 0 saturated heterocycles. The summed E-state index contributed by atoms with van der Waals surface area (Å²) < 4.78 is 29.1. The summed E-state index contributed by atoms with van der Waals surface area (Å²) in [6.07, 6.45) is 6.69. The highest BCUT2D eigenvalue weighted by Crippen LogP contribution is 2.34. The van der Waals surface area contributed by atoms with Crippen LogP contribution in [0.1, 0.15) is 24.0 Å². The summed E-state index contributed by atoms with van der Waals surface area (Å²) in [6, 6.07) is 5.13. The molecule has 2 atom stereocenters. The zero-order valence-electron chi connectivity index (χ0n) is 14.4. The Morgan fingerprint density at radius 1 is 1.30 bits per heavy atom. The molecule has 0 saturated carbocycles. The molecule has 1 aliphatic rings. The van der Waals surface area contributed by atoms with Gasteiger partial charge in [-0.1, -0.05) is 13.0 Å². The average molecular weight is 369 g/mol. The van der Waals surface area contributed by atoms with Crippen molar-refractivity contribution < 1.29 is 8.78 Å². The molecule has 1 aromatic carbocycles. The predicted octanol–water partition coefficient (Wildman–Crippen LogP) is 1.72. The van der Waals surface area contributed by atoms with Crippen LogP contribution in [0.2, 0.25) is 0 Å². The van der Waals surface area contributed by atoms with E-state index in [4.69, 9.17) is 11.5 Å². The summed E-state index contributed by atoms with van der Waals surface area (Å²) in [4.78, 5) is 8.58. The number of hydrogen-bond donors (Lipinski definition) is 3. The van der Waals surface area contributed by atoms with E-state index in [1.807, 2.05) is 0 Å². The Morgan fingerprint density at radius 2 is 2.11 bits per heavy atom. The van der Waals surface area contributed by atoms with Crippen molar-refractivity contribution in [3.05, 3.63) is 71.7 Å². The number of rotatable bonds is 3. The van der Waals surface area contributed by atoms with E-state index in [2.05, 4.69) is 20.4 Å². The molecule has 3 heterocycles. The Hall–Kier alpha value is -3.33. The van der Waals surface area contributed by atoms with Crippen LogP contribution in [0.4, 0.5) is 8.78 Å². The van der Waals surface area contributed by atoms with Gasteiger partial charge in [-0.25, -0.2) is 23.3 Å². The lowest BCUT2D eigenvalue weighted by Gasteiger charge is -2.33. The van der Waals surface area contributed by atoms with E-state index in [0.717, 1.165) is 6.07 Å². The highest BCUT2D eigenvalue weighted by atomic mass is 19.1. The summed E-state index contributed by atoms with van der Waals surface area (Å²) in [6.45, 7) is 1.71. The van der Waals surface area contributed by atoms with Crippen molar-refractivity contribution in [1.29, 1.82) is 0 Å². The Morgan fingerprint density at radius 3 is 2.89 bits per heavy atom. The second-order valence-electron chi connectivity index (χ2n) is 6.40. The topological polar surface area (TPSA) is 107 Å². The van der Waals surface area contributed by atoms with Crippen LogP contribution in [0.25, 0.3) is 11.3 Å². The van der Waals surface area contributed by atoms with Gasteiger partial charge in [-0.05, 0) is 23.8 Å². The van der Waals surface area contributed by atoms with Crippen LogP contribution in [0.5, 0.6) is 0 Å². The summed E-state index contributed by atoms with van der Waals surface area (Å²) in [5, 5.41) is 7.20. The monoisotopic (exact) mass is 369 g/mol. The SMILES string of the molecule is CC(c1ccc(F)cc1F)C1(N)C=C(c2cnn3cccnc23)NC(N)=N1. The number of guanidine groups is 1. The van der Waals surface area contributed by atoms with Crippen molar-refractivity contribution in [2.75, 3.05) is 0 Å². The van der Waals surface area contributed by atoms with E-state index in [9.17, 15) is 8.78 Å². The fraction of sp³-hybridized carbons (Fsp3) is 0.167. The molecular weight excluding hydrogens is 352 g/mol. The number of fused-ring (bicyclic) bond motifs is 1. The molecule has 138 valence electrons. The lowest BCUT2D eigenvalue weighted by Crippen LogP contribution is -2.49. The quantitative estimate of drug-likeness (QED) is 0.652. The molecule has 5 N–H and O–H groups in total. The van der Waals surface area contributed by atoms with Crippen LogP contribution < -0.4 is 16.8 Å². The van der Waals surface area contributed by atoms with Crippen molar-refractivity contribution in [2.45, 2.75) is 18.5 Å². The Bertz CT molecular complexity index is 1090. The number of benzene rings is 1. The first-order valence-electron chi connectivity index (χ1n) is 8.25. The molecule has 0 amide bonds. The maximum atomic E-state index is 14.3. The molecule has 2 unspecified atom stereocenters. The molecular formula is C18H17F2N7. The van der Waals surface area contributed by atoms with E-state index in [-0.39, 0.29) is 11.5 Å². The maximum Gasteiger partial charge on any atom is 0.195 e. The third-order valence-corrected chi connectivity index (χ3v) is 4.64. The molecule has 1 aliphatic heterocycles. The van der Waals surface area contributed by atoms with Gasteiger partial charge < -0.3 is 16.8 Å². The molecule has 0 spiro atoms. The van der Waals surface area contributed by atoms with Crippen molar-refractivity contribution >= 4 is 17.3 Å². The summed E-state index contributed by atoms with van der Waals surface area (Å²) >= 11 is 0. The normalized spacial score (nSPS) is 20.7. The first-order valence-corrected chi connectivity index (χ1v) is 8.25. The van der Waals surface area contributed by atoms with Gasteiger partial charge in [-0.15, -0.1) is 0 Å². The third-order valence-electron chi connectivity index (χ3n) is 4.64. The van der Waals surface area contributed by atoms with Crippen LogP contribution in [0.3, 0.4) is 0 Å². The number of hydrogen-bond acceptors (Lipinski definition) is 6. The Balaban J connectivity index is 1.80. The van der Waals surface area contributed by atoms with Crippen LogP contribution in [-0.4, -0.2) is 26.2 Å². The molecule has 27 heavy (non-hydrogen) atoms. The zero-order chi connectivity index (χ0) is 19.2. The molecule has 3 aromatic rings. The summed E-state index contributed by atoms with van der Waals surface area (Å²) in [7, 11) is 0. The smallest absolute Gasteiger partial charge is 0.195 e. The van der Waals surface area contributed by atoms with Gasteiger partial charge in [0.2, 0.25) is 0 Å². The van der Waals surface area contributed by atoms with Gasteiger partial charge in [0.25, 0.3) is 0 Å². The van der Waals surface area contributed by atoms with Gasteiger partial charge in [-0.3, -0.25) is 0 Å². The molecule has 4 rings (SSSR count). The van der Waals surface area contributed by atoms with Gasteiger partial charge in [0, 0.05) is 24.4 Å². The van der Waals surface area contributed by atoms with Crippen LogP contribution in [0, 0.1) is 11.6 Å². The summed E-state index contributed by atoms with van der Waals surface area (Å²) in [5.41, 5.74) is 13.2. The number of nitrogens with two attached hydrogens (primary N) is 2. The van der Waals surface area contributed by atoms with Gasteiger partial charge in [-0.2, -0.15) is 5.10 Å². The second-order valence-corrected chi connectivity index (χ2v) is 6.40. The van der Waals surface area contributed by atoms with Crippen molar-refractivity contribution in [3.8, 4) is 0 Å². The molecule has 0 aliphatic carbocycles. The molecule has 0 radical (unpaired) electrons. The van der Waals surface area contributed by atoms with Crippen molar-refractivity contribution in [3.63, 3.8) is 0 Å². The molecule has 2 aromatic heterocycles. The lowest BCUT2D eigenvalue weighted by molar-refractivity contribution is 0.441. The van der Waals surface area contributed by atoms with Gasteiger partial charge in [0.15, 0.2) is 11.6 Å². The standard InChI is InChI=1S/C18H17F2N7/c1-10(12-4-3-11(19)7-14(12)20)18(22)8-15(25-17(21)26-18)13-9-24-27-6-2-5-23-16(13)27/h2-10H,22H2,1H3,(H3,21,25,26). The lowest BCUT2D eigenvalue weighted by atomic mass is 9.86. The third kappa shape index (κ3) is 2.91. The molecule has 0 fully saturated rings. The highest BCUT2D eigenvalue weighted by molar-refractivity contribution is 5.93. The Kier molecular flexibility index (Phi) is 3.88. The fourth-order valence-electron chi connectivity index (χ4n) is 3.16. The Labute approximate surface area is 153 Å². The van der Waals surface area contributed by atoms with Gasteiger partial charge in [0.05, 0.1) is 17.5 Å². The van der Waals surface area contributed by atoms with Crippen molar-refractivity contribution in [1.82, 2.24) is 19.9 Å². The average Bonchev–Trinajstić information content (AvgIpc) is 3.04. The minimum absolute atomic E-state index is 0.0830. The van der Waals surface area contributed by atoms with Gasteiger partial charge >= 0.3 is 0 Å². The first-order chi connectivity index (χ1) is 12.9. The van der Waals surface area contributed by atoms with E-state index in [1.165, 1.54) is 12.1 Å². The predicted molar refractivity (Wildman–Crippen MR) is 97.4 cm³/mol. The van der Waals surface area contributed by atoms with E-state index >= 15 is 0 Å². The fourth-order valence-corrected chi connectivity index (χ4v) is 3.16. The highest BCUT2D eigenvalue weighted by Gasteiger charge is 2.36. The van der Waals surface area contributed by atoms with Gasteiger partial charge in [0.1, 0.15) is 17.3 Å². The number of nitrogens with one attached hydrogen (secondary N) is 1. The van der Waals surface area contributed by atoms with Crippen molar-refractivity contribution in [2.24, 2.45) is 16.5 Å². The molecule has 0 bridgehead atoms. The molecule has 9 heteroatoms. The van der Waals surface area contributed by atoms with Crippen LogP contribution >= 0.6 is 0 Å². The number of aliphatic imine (C=N–C) groups is 1. The summed E-state index contributed by atoms with van der Waals surface area (Å²) in [5.74, 6) is -1.87. The minimum atomic E-state index is -1.34. The largest absolute Gasteiger partial charge is 0.370 e. The number of nitrogens with zero attached hydrogens (tertiary/aromatic N) is 4. The van der Waals surface area contributed by atoms with Crippen LogP contribution in [0.15, 0.2) is 53.9 Å². The van der Waals surface area contributed by atoms with E-state index in [0.29, 0.717) is 16.9 Å². The zero-order valence-corrected chi connectivity index (χ0v) is 14.4. The number of aromatic nitrogens is 3. The van der Waals surface area contributed by atoms with E-state index < -0.39 is 23.2 Å².